The summed E-state index contributed by atoms with van der Waals surface area (Å²) in [4.78, 5) is 16.3. The second-order valence-corrected chi connectivity index (χ2v) is 5.72. The van der Waals surface area contributed by atoms with Crippen LogP contribution in [0, 0.1) is 5.92 Å². The molecule has 1 saturated heterocycles. The standard InChI is InChI=1S/C13H25N3O.ClH/c1-15(2)10-12-4-3-7-16(12)13(17)9-14-8-11-5-6-11;/h11-12,14H,3-10H2,1-2H3;1H. The van der Waals surface area contributed by atoms with Gasteiger partial charge in [0.15, 0.2) is 0 Å². The summed E-state index contributed by atoms with van der Waals surface area (Å²) in [6.45, 7) is 3.50. The van der Waals surface area contributed by atoms with E-state index in [1.807, 2.05) is 0 Å². The summed E-state index contributed by atoms with van der Waals surface area (Å²) in [6.07, 6.45) is 5.00. The number of nitrogens with one attached hydrogen (secondary N) is 1. The first-order chi connectivity index (χ1) is 8.16. The third-order valence-electron chi connectivity index (χ3n) is 3.68. The van der Waals surface area contributed by atoms with Crippen LogP contribution in [0.1, 0.15) is 25.7 Å². The summed E-state index contributed by atoms with van der Waals surface area (Å²) >= 11 is 0. The van der Waals surface area contributed by atoms with Crippen LogP contribution in [-0.2, 0) is 4.79 Å². The van der Waals surface area contributed by atoms with Gasteiger partial charge in [0.2, 0.25) is 5.91 Å². The average molecular weight is 276 g/mol. The van der Waals surface area contributed by atoms with Crippen LogP contribution < -0.4 is 5.32 Å². The van der Waals surface area contributed by atoms with E-state index in [4.69, 9.17) is 0 Å². The molecule has 1 atom stereocenters. The highest BCUT2D eigenvalue weighted by Gasteiger charge is 2.29. The molecule has 1 amide bonds. The fourth-order valence-corrected chi connectivity index (χ4v) is 2.58. The molecule has 1 aliphatic heterocycles. The third-order valence-corrected chi connectivity index (χ3v) is 3.68. The van der Waals surface area contributed by atoms with E-state index in [0.717, 1.165) is 38.4 Å². The minimum absolute atomic E-state index is 0. The SMILES string of the molecule is CN(C)CC1CCCN1C(=O)CNCC1CC1.Cl. The normalized spacial score (nSPS) is 23.3. The molecular formula is C13H26ClN3O. The lowest BCUT2D eigenvalue weighted by atomic mass is 10.2. The molecule has 1 N–H and O–H groups in total. The number of carbonyl (C=O) groups excluding carboxylic acids is 1. The van der Waals surface area contributed by atoms with Gasteiger partial charge in [0.25, 0.3) is 0 Å². The summed E-state index contributed by atoms with van der Waals surface area (Å²) in [5.41, 5.74) is 0. The molecule has 0 radical (unpaired) electrons. The highest BCUT2D eigenvalue weighted by Crippen LogP contribution is 2.27. The zero-order chi connectivity index (χ0) is 12.3. The second-order valence-electron chi connectivity index (χ2n) is 5.72. The van der Waals surface area contributed by atoms with E-state index >= 15 is 0 Å². The van der Waals surface area contributed by atoms with Gasteiger partial charge in [-0.15, -0.1) is 12.4 Å². The molecule has 4 nitrogen and oxygen atoms in total. The third kappa shape index (κ3) is 4.75. The average Bonchev–Trinajstić information content (AvgIpc) is 2.97. The van der Waals surface area contributed by atoms with E-state index < -0.39 is 0 Å². The second kappa shape index (κ2) is 7.31. The molecule has 2 aliphatic rings. The zero-order valence-corrected chi connectivity index (χ0v) is 12.3. The van der Waals surface area contributed by atoms with Crippen molar-refractivity contribution in [3.8, 4) is 0 Å². The predicted molar refractivity (Wildman–Crippen MR) is 76.1 cm³/mol. The number of rotatable bonds is 6. The van der Waals surface area contributed by atoms with E-state index in [-0.39, 0.29) is 18.3 Å². The fourth-order valence-electron chi connectivity index (χ4n) is 2.58. The Bertz CT molecular complexity index is 269. The first kappa shape index (κ1) is 15.7. The first-order valence-corrected chi connectivity index (χ1v) is 6.81. The maximum atomic E-state index is 12.1. The molecule has 0 spiro atoms. The van der Waals surface area contributed by atoms with Crippen LogP contribution in [-0.4, -0.2) is 62.0 Å². The Morgan fingerprint density at radius 2 is 2.06 bits per heavy atom. The number of likely N-dealkylation sites (tertiary alicyclic amines) is 1. The Hall–Kier alpha value is -0.320. The van der Waals surface area contributed by atoms with Gasteiger partial charge in [-0.3, -0.25) is 4.79 Å². The van der Waals surface area contributed by atoms with Crippen LogP contribution in [0.2, 0.25) is 0 Å². The Morgan fingerprint density at radius 1 is 1.33 bits per heavy atom. The molecule has 106 valence electrons. The summed E-state index contributed by atoms with van der Waals surface area (Å²) < 4.78 is 0. The molecule has 2 rings (SSSR count). The smallest absolute Gasteiger partial charge is 0.236 e. The molecule has 0 aromatic rings. The molecular weight excluding hydrogens is 250 g/mol. The van der Waals surface area contributed by atoms with Crippen molar-refractivity contribution in [2.24, 2.45) is 5.92 Å². The van der Waals surface area contributed by atoms with Gasteiger partial charge < -0.3 is 15.1 Å². The number of nitrogens with zero attached hydrogens (tertiary/aromatic N) is 2. The highest BCUT2D eigenvalue weighted by molar-refractivity contribution is 5.85. The van der Waals surface area contributed by atoms with E-state index in [1.165, 1.54) is 12.8 Å². The van der Waals surface area contributed by atoms with Crippen molar-refractivity contribution in [2.75, 3.05) is 40.3 Å². The van der Waals surface area contributed by atoms with Crippen molar-refractivity contribution in [1.29, 1.82) is 0 Å². The van der Waals surface area contributed by atoms with Crippen LogP contribution in [0.25, 0.3) is 0 Å². The van der Waals surface area contributed by atoms with Crippen LogP contribution in [0.15, 0.2) is 0 Å². The number of halogens is 1. The number of amides is 1. The van der Waals surface area contributed by atoms with Gasteiger partial charge in [0.1, 0.15) is 0 Å². The Balaban J connectivity index is 0.00000162. The molecule has 5 heteroatoms. The van der Waals surface area contributed by atoms with E-state index in [9.17, 15) is 4.79 Å². The largest absolute Gasteiger partial charge is 0.337 e. The van der Waals surface area contributed by atoms with Gasteiger partial charge in [-0.05, 0) is 52.2 Å². The Kier molecular flexibility index (Phi) is 6.39. The minimum Gasteiger partial charge on any atom is -0.337 e. The van der Waals surface area contributed by atoms with Crippen LogP contribution >= 0.6 is 12.4 Å². The van der Waals surface area contributed by atoms with Gasteiger partial charge >= 0.3 is 0 Å². The lowest BCUT2D eigenvalue weighted by Crippen LogP contribution is -2.45. The topological polar surface area (TPSA) is 35.6 Å². The highest BCUT2D eigenvalue weighted by atomic mass is 35.5. The van der Waals surface area contributed by atoms with Gasteiger partial charge in [0.05, 0.1) is 6.54 Å². The lowest BCUT2D eigenvalue weighted by molar-refractivity contribution is -0.131. The maximum absolute atomic E-state index is 12.1. The van der Waals surface area contributed by atoms with E-state index in [2.05, 4.69) is 29.2 Å². The van der Waals surface area contributed by atoms with Gasteiger partial charge in [0, 0.05) is 19.1 Å². The Morgan fingerprint density at radius 3 is 2.67 bits per heavy atom. The van der Waals surface area contributed by atoms with Crippen molar-refractivity contribution in [3.05, 3.63) is 0 Å². The molecule has 0 aromatic heterocycles. The van der Waals surface area contributed by atoms with Crippen LogP contribution in [0.3, 0.4) is 0 Å². The monoisotopic (exact) mass is 275 g/mol. The maximum Gasteiger partial charge on any atom is 0.236 e. The summed E-state index contributed by atoms with van der Waals surface area (Å²) in [5.74, 6) is 1.13. The van der Waals surface area contributed by atoms with Gasteiger partial charge in [-0.2, -0.15) is 0 Å². The molecule has 18 heavy (non-hydrogen) atoms. The summed E-state index contributed by atoms with van der Waals surface area (Å²) in [6, 6.07) is 0.431. The molecule has 1 aliphatic carbocycles. The van der Waals surface area contributed by atoms with E-state index in [0.29, 0.717) is 12.6 Å². The summed E-state index contributed by atoms with van der Waals surface area (Å²) in [5, 5.41) is 3.29. The van der Waals surface area contributed by atoms with Crippen molar-refractivity contribution in [3.63, 3.8) is 0 Å². The number of hydrogen-bond donors (Lipinski definition) is 1. The van der Waals surface area contributed by atoms with Crippen molar-refractivity contribution in [1.82, 2.24) is 15.1 Å². The molecule has 1 saturated carbocycles. The Labute approximate surface area is 116 Å². The van der Waals surface area contributed by atoms with Crippen LogP contribution in [0.5, 0.6) is 0 Å². The molecule has 1 unspecified atom stereocenters. The molecule has 1 heterocycles. The number of carbonyl (C=O) groups is 1. The zero-order valence-electron chi connectivity index (χ0n) is 11.5. The quantitative estimate of drug-likeness (QED) is 0.784. The molecule has 0 bridgehead atoms. The van der Waals surface area contributed by atoms with Gasteiger partial charge in [-0.1, -0.05) is 0 Å². The van der Waals surface area contributed by atoms with Crippen molar-refractivity contribution >= 4 is 18.3 Å². The minimum atomic E-state index is 0. The fraction of sp³-hybridized carbons (Fsp3) is 0.923. The molecule has 2 fully saturated rings. The first-order valence-electron chi connectivity index (χ1n) is 6.81. The predicted octanol–water partition coefficient (Wildman–Crippen LogP) is 0.960. The van der Waals surface area contributed by atoms with Crippen molar-refractivity contribution < 1.29 is 4.79 Å². The summed E-state index contributed by atoms with van der Waals surface area (Å²) in [7, 11) is 4.15. The van der Waals surface area contributed by atoms with E-state index in [1.54, 1.807) is 0 Å². The number of likely N-dealkylation sites (N-methyl/N-ethyl adjacent to an activating group) is 1. The van der Waals surface area contributed by atoms with Gasteiger partial charge in [-0.25, -0.2) is 0 Å². The lowest BCUT2D eigenvalue weighted by Gasteiger charge is -2.27. The van der Waals surface area contributed by atoms with Crippen LogP contribution in [0.4, 0.5) is 0 Å². The molecule has 0 aromatic carbocycles. The number of hydrogen-bond acceptors (Lipinski definition) is 3. The van der Waals surface area contributed by atoms with Crippen molar-refractivity contribution in [2.45, 2.75) is 31.7 Å².